The van der Waals surface area contributed by atoms with Crippen molar-refractivity contribution in [3.05, 3.63) is 59.8 Å². The smallest absolute Gasteiger partial charge is 0.356 e. The van der Waals surface area contributed by atoms with Crippen LogP contribution in [0.2, 0.25) is 0 Å². The summed E-state index contributed by atoms with van der Waals surface area (Å²) in [6.45, 7) is 5.90. The van der Waals surface area contributed by atoms with E-state index in [1.165, 1.54) is 24.3 Å². The molecule has 1 saturated heterocycles. The van der Waals surface area contributed by atoms with E-state index in [4.69, 9.17) is 4.74 Å². The van der Waals surface area contributed by atoms with E-state index < -0.39 is 17.8 Å². The summed E-state index contributed by atoms with van der Waals surface area (Å²) in [6, 6.07) is 10.2. The van der Waals surface area contributed by atoms with Gasteiger partial charge in [-0.15, -0.1) is 0 Å². The van der Waals surface area contributed by atoms with Gasteiger partial charge in [0.05, 0.1) is 24.0 Å². The van der Waals surface area contributed by atoms with E-state index in [-0.39, 0.29) is 29.7 Å². The summed E-state index contributed by atoms with van der Waals surface area (Å²) < 4.78 is 33.1. The molecule has 0 bridgehead atoms. The molecule has 4 rings (SSSR count). The Hall–Kier alpha value is -3.46. The van der Waals surface area contributed by atoms with Gasteiger partial charge in [0.1, 0.15) is 17.3 Å². The molecule has 1 atom stereocenters. The predicted molar refractivity (Wildman–Crippen MR) is 122 cm³/mol. The van der Waals surface area contributed by atoms with E-state index in [1.807, 2.05) is 9.80 Å². The number of ether oxygens (including phenoxy) is 1. The third kappa shape index (κ3) is 4.68. The summed E-state index contributed by atoms with van der Waals surface area (Å²) in [6.07, 6.45) is 0. The number of halogens is 2. The summed E-state index contributed by atoms with van der Waals surface area (Å²) in [5.41, 5.74) is 1.34. The number of piperazine rings is 1. The lowest BCUT2D eigenvalue weighted by Gasteiger charge is -2.38. The van der Waals surface area contributed by atoms with Gasteiger partial charge in [0, 0.05) is 37.1 Å². The summed E-state index contributed by atoms with van der Waals surface area (Å²) >= 11 is 0. The lowest BCUT2D eigenvalue weighted by atomic mass is 10.1. The first-order chi connectivity index (χ1) is 15.9. The topological polar surface area (TPSA) is 77.7 Å². The fraction of sp³-hybridized carbons (Fsp3) is 0.333. The maximum atomic E-state index is 14.1. The molecule has 0 radical (unpaired) electrons. The molecule has 1 aromatic heterocycles. The molecule has 3 aromatic rings. The van der Waals surface area contributed by atoms with Crippen molar-refractivity contribution in [3.63, 3.8) is 0 Å². The number of aromatic amines is 1. The first-order valence-electron chi connectivity index (χ1n) is 10.9. The molecule has 0 spiro atoms. The molecule has 1 aliphatic heterocycles. The Morgan fingerprint density at radius 3 is 2.55 bits per heavy atom. The van der Waals surface area contributed by atoms with Gasteiger partial charge in [-0.25, -0.2) is 13.6 Å². The van der Waals surface area contributed by atoms with Crippen LogP contribution in [0.5, 0.6) is 0 Å². The van der Waals surface area contributed by atoms with E-state index >= 15 is 0 Å². The molecule has 2 N–H and O–H groups in total. The van der Waals surface area contributed by atoms with Crippen LogP contribution in [0.25, 0.3) is 10.9 Å². The summed E-state index contributed by atoms with van der Waals surface area (Å²) in [5.74, 6) is -1.71. The van der Waals surface area contributed by atoms with Gasteiger partial charge in [-0.1, -0.05) is 12.1 Å². The zero-order valence-corrected chi connectivity index (χ0v) is 18.5. The van der Waals surface area contributed by atoms with Gasteiger partial charge in [0.25, 0.3) is 0 Å². The minimum absolute atomic E-state index is 0.0716. The monoisotopic (exact) mass is 456 g/mol. The Kier molecular flexibility index (Phi) is 6.60. The van der Waals surface area contributed by atoms with Crippen molar-refractivity contribution in [2.24, 2.45) is 0 Å². The van der Waals surface area contributed by atoms with Crippen LogP contribution in [-0.4, -0.2) is 60.6 Å². The van der Waals surface area contributed by atoms with Crippen molar-refractivity contribution in [1.29, 1.82) is 0 Å². The summed E-state index contributed by atoms with van der Waals surface area (Å²) in [4.78, 5) is 32.4. The highest BCUT2D eigenvalue weighted by molar-refractivity contribution is 6.11. The van der Waals surface area contributed by atoms with Gasteiger partial charge in [-0.3, -0.25) is 9.69 Å². The number of hydrogen-bond donors (Lipinski definition) is 2. The molecule has 2 heterocycles. The number of benzene rings is 2. The molecule has 9 heteroatoms. The standard InChI is InChI=1S/C24H26F2N4O3/c1-3-33-24(32)22-21(17-14-16(25)8-9-19(17)27-22)28-23(31)15(2)29-10-12-30(13-11-29)20-7-5-4-6-18(20)26/h4-9,14-15,27H,3,10-13H2,1-2H3,(H,28,31)/t15-/m1/s1. The number of amides is 1. The minimum atomic E-state index is -0.629. The lowest BCUT2D eigenvalue weighted by Crippen LogP contribution is -2.53. The van der Waals surface area contributed by atoms with Crippen molar-refractivity contribution < 1.29 is 23.1 Å². The van der Waals surface area contributed by atoms with Crippen molar-refractivity contribution in [1.82, 2.24) is 9.88 Å². The van der Waals surface area contributed by atoms with Crippen LogP contribution in [0, 0.1) is 11.6 Å². The fourth-order valence-corrected chi connectivity index (χ4v) is 4.10. The van der Waals surface area contributed by atoms with Crippen molar-refractivity contribution >= 4 is 34.2 Å². The van der Waals surface area contributed by atoms with E-state index in [9.17, 15) is 18.4 Å². The quantitative estimate of drug-likeness (QED) is 0.552. The van der Waals surface area contributed by atoms with Crippen LogP contribution in [0.15, 0.2) is 42.5 Å². The Morgan fingerprint density at radius 2 is 1.85 bits per heavy atom. The molecule has 33 heavy (non-hydrogen) atoms. The van der Waals surface area contributed by atoms with Crippen molar-refractivity contribution in [3.8, 4) is 0 Å². The third-order valence-corrected chi connectivity index (χ3v) is 5.92. The number of H-pyrrole nitrogens is 1. The van der Waals surface area contributed by atoms with Crippen LogP contribution < -0.4 is 10.2 Å². The molecule has 0 unspecified atom stereocenters. The Bertz CT molecular complexity index is 1170. The highest BCUT2D eigenvalue weighted by Gasteiger charge is 2.29. The minimum Gasteiger partial charge on any atom is -0.461 e. The molecule has 0 saturated carbocycles. The summed E-state index contributed by atoms with van der Waals surface area (Å²) in [5, 5.41) is 3.19. The van der Waals surface area contributed by atoms with Crippen LogP contribution in [-0.2, 0) is 9.53 Å². The zero-order chi connectivity index (χ0) is 23.5. The number of hydrogen-bond acceptors (Lipinski definition) is 5. The maximum Gasteiger partial charge on any atom is 0.356 e. The number of aromatic nitrogens is 1. The number of nitrogens with one attached hydrogen (secondary N) is 2. The number of fused-ring (bicyclic) bond motifs is 1. The molecule has 7 nitrogen and oxygen atoms in total. The molecule has 1 amide bonds. The first kappa shape index (κ1) is 22.7. The van der Waals surface area contributed by atoms with E-state index in [0.717, 1.165) is 0 Å². The van der Waals surface area contributed by atoms with Gasteiger partial charge in [0.15, 0.2) is 0 Å². The second kappa shape index (κ2) is 9.58. The van der Waals surface area contributed by atoms with Gasteiger partial charge in [-0.2, -0.15) is 0 Å². The average Bonchev–Trinajstić information content (AvgIpc) is 3.16. The van der Waals surface area contributed by atoms with E-state index in [0.29, 0.717) is 42.8 Å². The maximum absolute atomic E-state index is 14.1. The summed E-state index contributed by atoms with van der Waals surface area (Å²) in [7, 11) is 0. The number of rotatable bonds is 6. The van der Waals surface area contributed by atoms with Crippen LogP contribution >= 0.6 is 0 Å². The molecule has 1 aliphatic rings. The normalized spacial score (nSPS) is 15.5. The highest BCUT2D eigenvalue weighted by atomic mass is 19.1. The van der Waals surface area contributed by atoms with Crippen LogP contribution in [0.4, 0.5) is 20.2 Å². The van der Waals surface area contributed by atoms with Gasteiger partial charge in [-0.05, 0) is 44.2 Å². The van der Waals surface area contributed by atoms with Gasteiger partial charge < -0.3 is 19.9 Å². The second-order valence-corrected chi connectivity index (χ2v) is 7.93. The van der Waals surface area contributed by atoms with Crippen molar-refractivity contribution in [2.75, 3.05) is 43.0 Å². The lowest BCUT2D eigenvalue weighted by molar-refractivity contribution is -0.120. The Balaban J connectivity index is 1.49. The Labute approximate surface area is 190 Å². The molecule has 0 aliphatic carbocycles. The van der Waals surface area contributed by atoms with E-state index in [2.05, 4.69) is 10.3 Å². The fourth-order valence-electron chi connectivity index (χ4n) is 4.10. The largest absolute Gasteiger partial charge is 0.461 e. The Morgan fingerprint density at radius 1 is 1.12 bits per heavy atom. The second-order valence-electron chi connectivity index (χ2n) is 7.93. The average molecular weight is 456 g/mol. The van der Waals surface area contributed by atoms with E-state index in [1.54, 1.807) is 32.0 Å². The highest BCUT2D eigenvalue weighted by Crippen LogP contribution is 2.30. The van der Waals surface area contributed by atoms with Gasteiger partial charge in [0.2, 0.25) is 5.91 Å². The first-order valence-corrected chi connectivity index (χ1v) is 10.9. The third-order valence-electron chi connectivity index (χ3n) is 5.92. The molecule has 1 fully saturated rings. The van der Waals surface area contributed by atoms with Crippen LogP contribution in [0.3, 0.4) is 0 Å². The molecular weight excluding hydrogens is 430 g/mol. The number of carbonyl (C=O) groups is 2. The number of esters is 1. The SMILES string of the molecule is CCOC(=O)c1[nH]c2ccc(F)cc2c1NC(=O)[C@@H](C)N1CCN(c2ccccc2F)CC1. The van der Waals surface area contributed by atoms with Gasteiger partial charge >= 0.3 is 5.97 Å². The number of carbonyl (C=O) groups excluding carboxylic acids is 2. The van der Waals surface area contributed by atoms with Crippen molar-refractivity contribution in [2.45, 2.75) is 19.9 Å². The predicted octanol–water partition coefficient (Wildman–Crippen LogP) is 3.77. The zero-order valence-electron chi connectivity index (χ0n) is 18.5. The number of anilines is 2. The molecule has 2 aromatic carbocycles. The number of nitrogens with zero attached hydrogens (tertiary/aromatic N) is 2. The molecular formula is C24H26F2N4O3. The number of para-hydroxylation sites is 1. The van der Waals surface area contributed by atoms with Crippen LogP contribution in [0.1, 0.15) is 24.3 Å². The molecule has 174 valence electrons.